The number of aryl methyl sites for hydroxylation is 1. The van der Waals surface area contributed by atoms with Crippen molar-refractivity contribution < 1.29 is 4.52 Å². The summed E-state index contributed by atoms with van der Waals surface area (Å²) in [6.07, 6.45) is 3.19. The summed E-state index contributed by atoms with van der Waals surface area (Å²) in [6, 6.07) is 10.5. The van der Waals surface area contributed by atoms with Crippen LogP contribution in [0.5, 0.6) is 0 Å². The second-order valence-corrected chi connectivity index (χ2v) is 6.13. The van der Waals surface area contributed by atoms with Crippen molar-refractivity contribution in [3.8, 4) is 0 Å². The van der Waals surface area contributed by atoms with Gasteiger partial charge in [0, 0.05) is 25.6 Å². The van der Waals surface area contributed by atoms with Crippen molar-refractivity contribution in [2.75, 3.05) is 7.05 Å². The summed E-state index contributed by atoms with van der Waals surface area (Å²) in [5.74, 6) is 2.06. The molecule has 0 radical (unpaired) electrons. The number of rotatable bonds is 8. The van der Waals surface area contributed by atoms with Crippen LogP contribution in [0.3, 0.4) is 0 Å². The maximum Gasteiger partial charge on any atom is 0.191 e. The maximum absolute atomic E-state index is 5.45. The van der Waals surface area contributed by atoms with Gasteiger partial charge < -0.3 is 15.2 Å². The summed E-state index contributed by atoms with van der Waals surface area (Å²) in [4.78, 5) is 4.28. The van der Waals surface area contributed by atoms with Gasteiger partial charge >= 0.3 is 0 Å². The Bertz CT molecular complexity index is 674. The molecule has 2 N–H and O–H groups in total. The quantitative estimate of drug-likeness (QED) is 0.562. The van der Waals surface area contributed by atoms with E-state index in [-0.39, 0.29) is 0 Å². The molecule has 2 rings (SSSR count). The van der Waals surface area contributed by atoms with Crippen LogP contribution < -0.4 is 10.6 Å². The fourth-order valence-electron chi connectivity index (χ4n) is 2.96. The van der Waals surface area contributed by atoms with Gasteiger partial charge in [0.2, 0.25) is 0 Å². The van der Waals surface area contributed by atoms with Gasteiger partial charge in [-0.2, -0.15) is 0 Å². The first-order chi connectivity index (χ1) is 12.2. The zero-order chi connectivity index (χ0) is 18.1. The summed E-state index contributed by atoms with van der Waals surface area (Å²) in [5.41, 5.74) is 3.70. The molecule has 0 saturated carbocycles. The van der Waals surface area contributed by atoms with E-state index >= 15 is 0 Å². The molecule has 0 fully saturated rings. The molecule has 0 aliphatic rings. The molecule has 0 amide bonds. The summed E-state index contributed by atoms with van der Waals surface area (Å²) < 4.78 is 5.45. The van der Waals surface area contributed by atoms with Crippen LogP contribution in [0.15, 0.2) is 39.8 Å². The van der Waals surface area contributed by atoms with Crippen LogP contribution in [0.4, 0.5) is 0 Å². The normalized spacial score (nSPS) is 11.8. The van der Waals surface area contributed by atoms with Gasteiger partial charge in [0.15, 0.2) is 11.7 Å². The molecular weight excluding hydrogens is 312 g/mol. The highest BCUT2D eigenvalue weighted by Crippen LogP contribution is 2.22. The number of guanidine groups is 1. The Kier molecular flexibility index (Phi) is 7.51. The maximum atomic E-state index is 5.45. The third-order valence-corrected chi connectivity index (χ3v) is 4.58. The average Bonchev–Trinajstić information content (AvgIpc) is 3.12. The fraction of sp³-hybridized carbons (Fsp3) is 0.500. The summed E-state index contributed by atoms with van der Waals surface area (Å²) in [7, 11) is 1.77. The molecule has 0 saturated heterocycles. The van der Waals surface area contributed by atoms with Gasteiger partial charge in [-0.15, -0.1) is 0 Å². The Hall–Kier alpha value is -2.30. The van der Waals surface area contributed by atoms with Crippen LogP contribution in [0, 0.1) is 0 Å². The summed E-state index contributed by atoms with van der Waals surface area (Å²) in [5, 5.41) is 10.8. The Balaban J connectivity index is 1.88. The molecule has 0 bridgehead atoms. The third-order valence-electron chi connectivity index (χ3n) is 4.58. The van der Waals surface area contributed by atoms with Crippen LogP contribution in [0.25, 0.3) is 0 Å². The lowest BCUT2D eigenvalue weighted by molar-refractivity contribution is 0.368. The Morgan fingerprint density at radius 2 is 1.76 bits per heavy atom. The largest absolute Gasteiger partial charge is 0.359 e. The Morgan fingerprint density at radius 1 is 1.08 bits per heavy atom. The predicted octanol–water partition coefficient (Wildman–Crippen LogP) is 4.01. The number of aliphatic imine (C=N–C) groups is 1. The van der Waals surface area contributed by atoms with E-state index in [1.165, 1.54) is 11.1 Å². The SMILES string of the molecule is CCc1ccccc1CNC(=NC)NCc1cc(C(CC)CC)no1. The first-order valence-electron chi connectivity index (χ1n) is 9.18. The topological polar surface area (TPSA) is 62.5 Å². The lowest BCUT2D eigenvalue weighted by Crippen LogP contribution is -2.36. The highest BCUT2D eigenvalue weighted by molar-refractivity contribution is 5.79. The van der Waals surface area contributed by atoms with E-state index in [0.717, 1.165) is 43.2 Å². The zero-order valence-corrected chi connectivity index (χ0v) is 15.8. The van der Waals surface area contributed by atoms with Gasteiger partial charge in [0.1, 0.15) is 0 Å². The number of nitrogens with one attached hydrogen (secondary N) is 2. The minimum atomic E-state index is 0.473. The first-order valence-corrected chi connectivity index (χ1v) is 9.18. The van der Waals surface area contributed by atoms with Gasteiger partial charge in [-0.3, -0.25) is 4.99 Å². The Morgan fingerprint density at radius 3 is 2.40 bits per heavy atom. The molecule has 0 aliphatic carbocycles. The van der Waals surface area contributed by atoms with E-state index in [1.54, 1.807) is 7.05 Å². The van der Waals surface area contributed by atoms with Gasteiger partial charge in [-0.05, 0) is 30.4 Å². The molecule has 0 atom stereocenters. The molecule has 1 aromatic heterocycles. The Labute approximate surface area is 150 Å². The van der Waals surface area contributed by atoms with Gasteiger partial charge in [-0.25, -0.2) is 0 Å². The first kappa shape index (κ1) is 19.0. The number of hydrogen-bond donors (Lipinski definition) is 2. The molecule has 2 aromatic rings. The molecule has 5 nitrogen and oxygen atoms in total. The van der Waals surface area contributed by atoms with E-state index < -0.39 is 0 Å². The molecule has 1 heterocycles. The predicted molar refractivity (Wildman–Crippen MR) is 103 cm³/mol. The van der Waals surface area contributed by atoms with Crippen molar-refractivity contribution in [1.29, 1.82) is 0 Å². The molecule has 25 heavy (non-hydrogen) atoms. The summed E-state index contributed by atoms with van der Waals surface area (Å²) >= 11 is 0. The van der Waals surface area contributed by atoms with Crippen molar-refractivity contribution >= 4 is 5.96 Å². The lowest BCUT2D eigenvalue weighted by atomic mass is 9.99. The van der Waals surface area contributed by atoms with Crippen molar-refractivity contribution in [2.24, 2.45) is 4.99 Å². The highest BCUT2D eigenvalue weighted by Gasteiger charge is 2.13. The highest BCUT2D eigenvalue weighted by atomic mass is 16.5. The van der Waals surface area contributed by atoms with Crippen molar-refractivity contribution in [3.05, 3.63) is 52.9 Å². The van der Waals surface area contributed by atoms with Crippen molar-refractivity contribution in [2.45, 2.75) is 59.0 Å². The van der Waals surface area contributed by atoms with Crippen LogP contribution >= 0.6 is 0 Å². The van der Waals surface area contributed by atoms with E-state index in [4.69, 9.17) is 4.52 Å². The average molecular weight is 342 g/mol. The lowest BCUT2D eigenvalue weighted by Gasteiger charge is -2.13. The van der Waals surface area contributed by atoms with E-state index in [0.29, 0.717) is 12.5 Å². The van der Waals surface area contributed by atoms with Crippen LogP contribution in [-0.2, 0) is 19.5 Å². The number of benzene rings is 1. The van der Waals surface area contributed by atoms with Crippen molar-refractivity contribution in [1.82, 2.24) is 15.8 Å². The minimum absolute atomic E-state index is 0.473. The fourth-order valence-corrected chi connectivity index (χ4v) is 2.96. The van der Waals surface area contributed by atoms with Crippen LogP contribution in [0.2, 0.25) is 0 Å². The molecule has 0 spiro atoms. The molecular formula is C20H30N4O. The second-order valence-electron chi connectivity index (χ2n) is 6.13. The van der Waals surface area contributed by atoms with Gasteiger partial charge in [-0.1, -0.05) is 50.2 Å². The molecule has 0 unspecified atom stereocenters. The van der Waals surface area contributed by atoms with Gasteiger partial charge in [0.05, 0.1) is 12.2 Å². The van der Waals surface area contributed by atoms with Crippen LogP contribution in [0.1, 0.15) is 62.1 Å². The molecule has 136 valence electrons. The summed E-state index contributed by atoms with van der Waals surface area (Å²) in [6.45, 7) is 7.86. The van der Waals surface area contributed by atoms with E-state index in [9.17, 15) is 0 Å². The van der Waals surface area contributed by atoms with Gasteiger partial charge in [0.25, 0.3) is 0 Å². The molecule has 1 aromatic carbocycles. The number of hydrogen-bond acceptors (Lipinski definition) is 3. The number of nitrogens with zero attached hydrogens (tertiary/aromatic N) is 2. The second kappa shape index (κ2) is 9.87. The standard InChI is InChI=1S/C20H30N4O/c1-5-15(6-2)19-12-18(25-24-19)14-23-20(21-4)22-13-17-11-9-8-10-16(17)7-3/h8-12,15H,5-7,13-14H2,1-4H3,(H2,21,22,23). The van der Waals surface area contributed by atoms with E-state index in [1.807, 2.05) is 6.07 Å². The number of aromatic nitrogens is 1. The van der Waals surface area contributed by atoms with Crippen LogP contribution in [-0.4, -0.2) is 18.2 Å². The zero-order valence-electron chi connectivity index (χ0n) is 15.8. The third kappa shape index (κ3) is 5.34. The van der Waals surface area contributed by atoms with E-state index in [2.05, 4.69) is 65.8 Å². The minimum Gasteiger partial charge on any atom is -0.359 e. The smallest absolute Gasteiger partial charge is 0.191 e. The molecule has 0 aliphatic heterocycles. The van der Waals surface area contributed by atoms with Crippen molar-refractivity contribution in [3.63, 3.8) is 0 Å². The monoisotopic (exact) mass is 342 g/mol. The molecule has 5 heteroatoms.